The highest BCUT2D eigenvalue weighted by Gasteiger charge is 2.39. The van der Waals surface area contributed by atoms with E-state index in [9.17, 15) is 14.7 Å². The Balaban J connectivity index is 1.85. The molecule has 2 saturated heterocycles. The van der Waals surface area contributed by atoms with Gasteiger partial charge in [0.1, 0.15) is 0 Å². The second-order valence-corrected chi connectivity index (χ2v) is 7.10. The van der Waals surface area contributed by atoms with Crippen LogP contribution in [0.3, 0.4) is 0 Å². The Bertz CT molecular complexity index is 389. The van der Waals surface area contributed by atoms with Crippen molar-refractivity contribution in [3.8, 4) is 0 Å². The van der Waals surface area contributed by atoms with Crippen LogP contribution in [-0.2, 0) is 9.59 Å². The standard InChI is InChI=1S/C16H28N2O3/c1-16(2,15(20)21)13-4-3-9-18(11-13)14(19)6-5-12-7-8-17-10-12/h12-13,17H,3-11H2,1-2H3,(H,20,21). The molecule has 5 heteroatoms. The van der Waals surface area contributed by atoms with Crippen LogP contribution in [0.1, 0.15) is 46.0 Å². The Hall–Kier alpha value is -1.10. The molecule has 0 aliphatic carbocycles. The number of hydrogen-bond donors (Lipinski definition) is 2. The van der Waals surface area contributed by atoms with Crippen LogP contribution in [0.15, 0.2) is 0 Å². The van der Waals surface area contributed by atoms with E-state index >= 15 is 0 Å². The quantitative estimate of drug-likeness (QED) is 0.810. The lowest BCUT2D eigenvalue weighted by atomic mass is 9.74. The summed E-state index contributed by atoms with van der Waals surface area (Å²) in [4.78, 5) is 25.6. The zero-order chi connectivity index (χ0) is 15.5. The maximum atomic E-state index is 12.4. The molecule has 0 bridgehead atoms. The van der Waals surface area contributed by atoms with Gasteiger partial charge in [-0.3, -0.25) is 9.59 Å². The number of amides is 1. The molecule has 2 rings (SSSR count). The summed E-state index contributed by atoms with van der Waals surface area (Å²) >= 11 is 0. The van der Waals surface area contributed by atoms with Crippen LogP contribution in [0.2, 0.25) is 0 Å². The number of rotatable bonds is 5. The predicted molar refractivity (Wildman–Crippen MR) is 80.9 cm³/mol. The first kappa shape index (κ1) is 16.3. The number of carbonyl (C=O) groups is 2. The Kier molecular flexibility index (Phi) is 5.25. The van der Waals surface area contributed by atoms with E-state index in [0.717, 1.165) is 38.9 Å². The Labute approximate surface area is 127 Å². The van der Waals surface area contributed by atoms with Gasteiger partial charge in [0, 0.05) is 19.5 Å². The van der Waals surface area contributed by atoms with Gasteiger partial charge in [0.25, 0.3) is 0 Å². The first-order valence-electron chi connectivity index (χ1n) is 8.13. The first-order valence-corrected chi connectivity index (χ1v) is 8.13. The monoisotopic (exact) mass is 296 g/mol. The summed E-state index contributed by atoms with van der Waals surface area (Å²) < 4.78 is 0. The normalized spacial score (nSPS) is 26.9. The molecule has 2 heterocycles. The fraction of sp³-hybridized carbons (Fsp3) is 0.875. The van der Waals surface area contributed by atoms with Crippen LogP contribution in [-0.4, -0.2) is 48.1 Å². The molecular weight excluding hydrogens is 268 g/mol. The zero-order valence-corrected chi connectivity index (χ0v) is 13.2. The second-order valence-electron chi connectivity index (χ2n) is 7.10. The molecule has 2 atom stereocenters. The molecule has 2 unspecified atom stereocenters. The van der Waals surface area contributed by atoms with Gasteiger partial charge < -0.3 is 15.3 Å². The highest BCUT2D eigenvalue weighted by Crippen LogP contribution is 2.34. The van der Waals surface area contributed by atoms with Gasteiger partial charge in [0.2, 0.25) is 5.91 Å². The average Bonchev–Trinajstić information content (AvgIpc) is 2.98. The van der Waals surface area contributed by atoms with Crippen LogP contribution in [0.4, 0.5) is 0 Å². The van der Waals surface area contributed by atoms with Gasteiger partial charge in [-0.1, -0.05) is 0 Å². The van der Waals surface area contributed by atoms with E-state index in [1.807, 2.05) is 4.90 Å². The molecule has 0 saturated carbocycles. The van der Waals surface area contributed by atoms with E-state index < -0.39 is 11.4 Å². The molecule has 21 heavy (non-hydrogen) atoms. The molecular formula is C16H28N2O3. The molecule has 0 spiro atoms. The van der Waals surface area contributed by atoms with Crippen molar-refractivity contribution >= 4 is 11.9 Å². The van der Waals surface area contributed by atoms with E-state index in [-0.39, 0.29) is 11.8 Å². The predicted octanol–water partition coefficient (Wildman–Crippen LogP) is 1.73. The third-order valence-corrected chi connectivity index (χ3v) is 5.27. The summed E-state index contributed by atoms with van der Waals surface area (Å²) in [5.41, 5.74) is -0.756. The SMILES string of the molecule is CC(C)(C(=O)O)C1CCCN(C(=O)CCC2CCNC2)C1. The minimum absolute atomic E-state index is 0.0563. The number of carbonyl (C=O) groups excluding carboxylic acids is 1. The number of carboxylic acids is 1. The third kappa shape index (κ3) is 3.96. The molecule has 120 valence electrons. The number of carboxylic acid groups (broad SMARTS) is 1. The molecule has 0 aromatic carbocycles. The molecule has 2 fully saturated rings. The smallest absolute Gasteiger partial charge is 0.309 e. The number of piperidine rings is 1. The van der Waals surface area contributed by atoms with Crippen LogP contribution >= 0.6 is 0 Å². The van der Waals surface area contributed by atoms with Crippen molar-refractivity contribution in [2.75, 3.05) is 26.2 Å². The lowest BCUT2D eigenvalue weighted by Crippen LogP contribution is -2.46. The summed E-state index contributed by atoms with van der Waals surface area (Å²) in [6.45, 7) is 7.03. The third-order valence-electron chi connectivity index (χ3n) is 5.27. The molecule has 2 aliphatic rings. The summed E-state index contributed by atoms with van der Waals surface area (Å²) in [5, 5.41) is 12.7. The number of nitrogens with zero attached hydrogens (tertiary/aromatic N) is 1. The van der Waals surface area contributed by atoms with Crippen molar-refractivity contribution in [3.05, 3.63) is 0 Å². The Morgan fingerprint density at radius 2 is 2.10 bits per heavy atom. The van der Waals surface area contributed by atoms with Crippen molar-refractivity contribution in [1.29, 1.82) is 0 Å². The number of aliphatic carboxylic acids is 1. The number of hydrogen-bond acceptors (Lipinski definition) is 3. The maximum Gasteiger partial charge on any atom is 0.309 e. The van der Waals surface area contributed by atoms with Crippen LogP contribution in [0.5, 0.6) is 0 Å². The van der Waals surface area contributed by atoms with E-state index in [0.29, 0.717) is 18.9 Å². The van der Waals surface area contributed by atoms with Gasteiger partial charge in [0.15, 0.2) is 0 Å². The van der Waals surface area contributed by atoms with Crippen LogP contribution in [0, 0.1) is 17.3 Å². The molecule has 1 amide bonds. The van der Waals surface area contributed by atoms with Crippen LogP contribution < -0.4 is 5.32 Å². The van der Waals surface area contributed by atoms with E-state index in [1.165, 1.54) is 6.42 Å². The van der Waals surface area contributed by atoms with Crippen molar-refractivity contribution in [1.82, 2.24) is 10.2 Å². The van der Waals surface area contributed by atoms with Crippen molar-refractivity contribution < 1.29 is 14.7 Å². The highest BCUT2D eigenvalue weighted by molar-refractivity contribution is 5.77. The van der Waals surface area contributed by atoms with Gasteiger partial charge in [-0.15, -0.1) is 0 Å². The van der Waals surface area contributed by atoms with Gasteiger partial charge in [0.05, 0.1) is 5.41 Å². The first-order chi connectivity index (χ1) is 9.91. The van der Waals surface area contributed by atoms with Gasteiger partial charge in [-0.05, 0) is 64.5 Å². The van der Waals surface area contributed by atoms with E-state index in [1.54, 1.807) is 13.8 Å². The topological polar surface area (TPSA) is 69.6 Å². The summed E-state index contributed by atoms with van der Waals surface area (Å²) in [6, 6.07) is 0. The fourth-order valence-electron chi connectivity index (χ4n) is 3.41. The van der Waals surface area contributed by atoms with Crippen molar-refractivity contribution in [3.63, 3.8) is 0 Å². The molecule has 0 aromatic rings. The van der Waals surface area contributed by atoms with Gasteiger partial charge >= 0.3 is 5.97 Å². The average molecular weight is 296 g/mol. The lowest BCUT2D eigenvalue weighted by Gasteiger charge is -2.39. The number of nitrogens with one attached hydrogen (secondary N) is 1. The van der Waals surface area contributed by atoms with E-state index in [2.05, 4.69) is 5.32 Å². The minimum Gasteiger partial charge on any atom is -0.481 e. The maximum absolute atomic E-state index is 12.4. The largest absolute Gasteiger partial charge is 0.481 e. The molecule has 0 aromatic heterocycles. The Morgan fingerprint density at radius 1 is 1.33 bits per heavy atom. The fourth-order valence-corrected chi connectivity index (χ4v) is 3.41. The van der Waals surface area contributed by atoms with Crippen molar-refractivity contribution in [2.24, 2.45) is 17.3 Å². The Morgan fingerprint density at radius 3 is 2.71 bits per heavy atom. The molecule has 2 N–H and O–H groups in total. The lowest BCUT2D eigenvalue weighted by molar-refractivity contribution is -0.153. The minimum atomic E-state index is -0.765. The second kappa shape index (κ2) is 6.77. The summed E-state index contributed by atoms with van der Waals surface area (Å²) in [6.07, 6.45) is 4.54. The van der Waals surface area contributed by atoms with Crippen LogP contribution in [0.25, 0.3) is 0 Å². The highest BCUT2D eigenvalue weighted by atomic mass is 16.4. The van der Waals surface area contributed by atoms with Gasteiger partial charge in [-0.25, -0.2) is 0 Å². The molecule has 5 nitrogen and oxygen atoms in total. The number of likely N-dealkylation sites (tertiary alicyclic amines) is 1. The van der Waals surface area contributed by atoms with Crippen molar-refractivity contribution in [2.45, 2.75) is 46.0 Å². The molecule has 2 aliphatic heterocycles. The van der Waals surface area contributed by atoms with E-state index in [4.69, 9.17) is 0 Å². The summed E-state index contributed by atoms with van der Waals surface area (Å²) in [5.74, 6) is 0.123. The molecule has 0 radical (unpaired) electrons. The summed E-state index contributed by atoms with van der Waals surface area (Å²) in [7, 11) is 0. The zero-order valence-electron chi connectivity index (χ0n) is 13.2. The van der Waals surface area contributed by atoms with Gasteiger partial charge in [-0.2, -0.15) is 0 Å².